The van der Waals surface area contributed by atoms with E-state index in [1.54, 1.807) is 4.90 Å². The van der Waals surface area contributed by atoms with E-state index in [1.807, 2.05) is 0 Å². The number of piperidine rings is 1. The van der Waals surface area contributed by atoms with Gasteiger partial charge in [-0.3, -0.25) is 4.79 Å². The molecule has 0 aromatic heterocycles. The molecule has 1 amide bonds. The van der Waals surface area contributed by atoms with Crippen molar-refractivity contribution >= 4 is 18.3 Å². The fraction of sp³-hybridized carbons (Fsp3) is 0.889. The number of aliphatic hydroxyl groups is 1. The molecule has 6 fully saturated rings. The third-order valence-corrected chi connectivity index (χ3v) is 7.51. The van der Waals surface area contributed by atoms with Crippen molar-refractivity contribution in [2.75, 3.05) is 0 Å². The molecule has 5 saturated carbocycles. The summed E-state index contributed by atoms with van der Waals surface area (Å²) in [5.41, 5.74) is 5.71. The number of hydrogen-bond acceptors (Lipinski definition) is 4. The number of rotatable bonds is 2. The molecule has 1 aliphatic heterocycles. The average Bonchev–Trinajstić information content (AvgIpc) is 3.14. The van der Waals surface area contributed by atoms with Crippen LogP contribution in [0, 0.1) is 34.5 Å². The first-order chi connectivity index (χ1) is 10.9. The zero-order valence-electron chi connectivity index (χ0n) is 13.9. The quantitative estimate of drug-likeness (QED) is 0.790. The first-order valence-electron chi connectivity index (χ1n) is 9.13. The number of halogens is 1. The Labute approximate surface area is 149 Å². The molecule has 0 unspecified atom stereocenters. The Morgan fingerprint density at radius 3 is 2.46 bits per heavy atom. The summed E-state index contributed by atoms with van der Waals surface area (Å²) < 4.78 is 0. The SMILES string of the molecule is Cl.N#C[C@@H]1C[C@@H]2C[C@@H]2N1C(=O)[C@@H](N)C12C[C@@H]3C[C@H](CC(O)(C3)C1)C2. The van der Waals surface area contributed by atoms with Crippen LogP contribution in [0.2, 0.25) is 0 Å². The van der Waals surface area contributed by atoms with Crippen LogP contribution in [0.5, 0.6) is 0 Å². The van der Waals surface area contributed by atoms with Gasteiger partial charge in [0.1, 0.15) is 6.04 Å². The van der Waals surface area contributed by atoms with Gasteiger partial charge in [0.05, 0.1) is 17.7 Å². The molecule has 5 nitrogen and oxygen atoms in total. The van der Waals surface area contributed by atoms with Crippen molar-refractivity contribution in [1.29, 1.82) is 5.26 Å². The molecule has 0 radical (unpaired) electrons. The van der Waals surface area contributed by atoms with Crippen LogP contribution in [-0.2, 0) is 4.79 Å². The van der Waals surface area contributed by atoms with Gasteiger partial charge in [-0.05, 0) is 74.5 Å². The van der Waals surface area contributed by atoms with Crippen LogP contribution < -0.4 is 5.73 Å². The van der Waals surface area contributed by atoms with Crippen LogP contribution in [0.15, 0.2) is 0 Å². The normalized spacial score (nSPS) is 51.5. The summed E-state index contributed by atoms with van der Waals surface area (Å²) >= 11 is 0. The van der Waals surface area contributed by atoms with E-state index >= 15 is 0 Å². The van der Waals surface area contributed by atoms with E-state index in [1.165, 1.54) is 6.42 Å². The predicted molar refractivity (Wildman–Crippen MR) is 90.0 cm³/mol. The van der Waals surface area contributed by atoms with E-state index in [4.69, 9.17) is 5.73 Å². The Morgan fingerprint density at radius 2 is 1.88 bits per heavy atom. The monoisotopic (exact) mass is 351 g/mol. The number of amides is 1. The second kappa shape index (κ2) is 5.09. The van der Waals surface area contributed by atoms with Crippen LogP contribution in [0.4, 0.5) is 0 Å². The number of nitrogens with zero attached hydrogens (tertiary/aromatic N) is 2. The molecule has 0 aromatic rings. The van der Waals surface area contributed by atoms with E-state index in [0.717, 1.165) is 38.5 Å². The van der Waals surface area contributed by atoms with Crippen LogP contribution in [-0.4, -0.2) is 39.6 Å². The minimum atomic E-state index is -0.594. The molecule has 6 rings (SSSR count). The number of hydrogen-bond donors (Lipinski definition) is 2. The van der Waals surface area contributed by atoms with Gasteiger partial charge < -0.3 is 15.7 Å². The van der Waals surface area contributed by atoms with Gasteiger partial charge in [-0.1, -0.05) is 0 Å². The van der Waals surface area contributed by atoms with E-state index in [-0.39, 0.29) is 35.8 Å². The average molecular weight is 352 g/mol. The van der Waals surface area contributed by atoms with E-state index in [0.29, 0.717) is 24.2 Å². The van der Waals surface area contributed by atoms with Crippen molar-refractivity contribution in [3.8, 4) is 6.07 Å². The van der Waals surface area contributed by atoms with E-state index < -0.39 is 11.6 Å². The molecule has 6 atom stereocenters. The van der Waals surface area contributed by atoms with Crippen molar-refractivity contribution < 1.29 is 9.90 Å². The summed E-state index contributed by atoms with van der Waals surface area (Å²) in [5, 5.41) is 20.2. The van der Waals surface area contributed by atoms with Gasteiger partial charge >= 0.3 is 0 Å². The van der Waals surface area contributed by atoms with Crippen molar-refractivity contribution in [3.05, 3.63) is 0 Å². The predicted octanol–water partition coefficient (Wildman–Crippen LogP) is 1.58. The highest BCUT2D eigenvalue weighted by Crippen LogP contribution is 2.63. The van der Waals surface area contributed by atoms with Crippen molar-refractivity contribution in [2.24, 2.45) is 28.9 Å². The third-order valence-electron chi connectivity index (χ3n) is 7.51. The lowest BCUT2D eigenvalue weighted by molar-refractivity contribution is -0.177. The maximum atomic E-state index is 13.1. The highest BCUT2D eigenvalue weighted by molar-refractivity contribution is 5.85. The fourth-order valence-electron chi connectivity index (χ4n) is 6.96. The fourth-order valence-corrected chi connectivity index (χ4v) is 6.96. The van der Waals surface area contributed by atoms with Gasteiger partial charge in [-0.25, -0.2) is 0 Å². The number of likely N-dealkylation sites (tertiary alicyclic amines) is 1. The number of carbonyl (C=O) groups is 1. The van der Waals surface area contributed by atoms with Crippen LogP contribution in [0.1, 0.15) is 51.4 Å². The van der Waals surface area contributed by atoms with Crippen molar-refractivity contribution in [1.82, 2.24) is 4.90 Å². The Bertz CT molecular complexity index is 604. The van der Waals surface area contributed by atoms with E-state index in [2.05, 4.69) is 6.07 Å². The third kappa shape index (κ3) is 2.16. The molecule has 4 bridgehead atoms. The summed E-state index contributed by atoms with van der Waals surface area (Å²) in [7, 11) is 0. The molecule has 132 valence electrons. The van der Waals surface area contributed by atoms with Gasteiger partial charge in [-0.15, -0.1) is 12.4 Å². The summed E-state index contributed by atoms with van der Waals surface area (Å²) in [4.78, 5) is 14.9. The van der Waals surface area contributed by atoms with E-state index in [9.17, 15) is 15.2 Å². The second-order valence-corrected chi connectivity index (χ2v) is 9.21. The Kier molecular flexibility index (Phi) is 3.53. The molecule has 1 saturated heterocycles. The molecule has 0 spiro atoms. The Morgan fingerprint density at radius 1 is 1.21 bits per heavy atom. The minimum Gasteiger partial charge on any atom is -0.390 e. The zero-order valence-corrected chi connectivity index (χ0v) is 14.7. The highest BCUT2D eigenvalue weighted by Gasteiger charge is 2.62. The molecule has 5 aliphatic carbocycles. The second-order valence-electron chi connectivity index (χ2n) is 9.21. The highest BCUT2D eigenvalue weighted by atomic mass is 35.5. The molecule has 0 aromatic carbocycles. The largest absolute Gasteiger partial charge is 0.390 e. The summed E-state index contributed by atoms with van der Waals surface area (Å²) in [6, 6.07) is 1.72. The first kappa shape index (κ1) is 16.6. The molecular weight excluding hydrogens is 326 g/mol. The molecule has 1 heterocycles. The van der Waals surface area contributed by atoms with Gasteiger partial charge in [-0.2, -0.15) is 5.26 Å². The molecule has 6 aliphatic rings. The van der Waals surface area contributed by atoms with Crippen molar-refractivity contribution in [3.63, 3.8) is 0 Å². The van der Waals surface area contributed by atoms with Gasteiger partial charge in [0.15, 0.2) is 0 Å². The Hall–Kier alpha value is -0.830. The summed E-state index contributed by atoms with van der Waals surface area (Å²) in [6.07, 6.45) is 7.48. The van der Waals surface area contributed by atoms with Gasteiger partial charge in [0.25, 0.3) is 0 Å². The maximum Gasteiger partial charge on any atom is 0.241 e. The maximum absolute atomic E-state index is 13.1. The molecule has 6 heteroatoms. The number of fused-ring (bicyclic) bond motifs is 1. The topological polar surface area (TPSA) is 90.4 Å². The molecule has 24 heavy (non-hydrogen) atoms. The Balaban J connectivity index is 0.00000146. The van der Waals surface area contributed by atoms with Crippen LogP contribution >= 0.6 is 12.4 Å². The standard InChI is InChI=1S/C18H25N3O2.ClH/c19-8-13-2-12-3-14(12)21(13)16(22)15(20)17-4-10-1-11(5-17)7-18(23,6-10)9-17;/h10-15,23H,1-7,9,20H2;1H/t10-,11-,12+,13-,14-,15+,17?,18?;/m0./s1. The summed E-state index contributed by atoms with van der Waals surface area (Å²) in [5.74, 6) is 1.56. The van der Waals surface area contributed by atoms with Gasteiger partial charge in [0.2, 0.25) is 5.91 Å². The van der Waals surface area contributed by atoms with Gasteiger partial charge in [0, 0.05) is 6.04 Å². The summed E-state index contributed by atoms with van der Waals surface area (Å²) in [6.45, 7) is 0. The lowest BCUT2D eigenvalue weighted by Gasteiger charge is -2.61. The molecular formula is C18H26ClN3O2. The molecule has 3 N–H and O–H groups in total. The number of nitriles is 1. The van der Waals surface area contributed by atoms with Crippen LogP contribution in [0.3, 0.4) is 0 Å². The lowest BCUT2D eigenvalue weighted by atomic mass is 9.46. The van der Waals surface area contributed by atoms with Crippen molar-refractivity contribution in [2.45, 2.75) is 75.1 Å². The zero-order chi connectivity index (χ0) is 16.0. The minimum absolute atomic E-state index is 0. The number of carbonyl (C=O) groups excluding carboxylic acids is 1. The smallest absolute Gasteiger partial charge is 0.241 e. The van der Waals surface area contributed by atoms with Crippen LogP contribution in [0.25, 0.3) is 0 Å². The first-order valence-corrected chi connectivity index (χ1v) is 9.13. The lowest BCUT2D eigenvalue weighted by Crippen LogP contribution is -2.64. The number of nitrogens with two attached hydrogens (primary N) is 1.